The van der Waals surface area contributed by atoms with E-state index in [1.54, 1.807) is 0 Å². The second-order valence-electron chi connectivity index (χ2n) is 3.34. The topological polar surface area (TPSA) is 124 Å². The molecule has 0 unspecified atom stereocenters. The van der Waals surface area contributed by atoms with Gasteiger partial charge in [0.1, 0.15) is 18.8 Å². The highest BCUT2D eigenvalue weighted by Gasteiger charge is 2.11. The smallest absolute Gasteiger partial charge is 0.404 e. The van der Waals surface area contributed by atoms with Crippen molar-refractivity contribution in [2.75, 3.05) is 13.2 Å². The number of carboxylic acids is 1. The molecule has 18 heavy (non-hydrogen) atoms. The summed E-state index contributed by atoms with van der Waals surface area (Å²) < 4.78 is 5.71. The minimum absolute atomic E-state index is 0.0264. The van der Waals surface area contributed by atoms with E-state index in [0.717, 1.165) is 0 Å². The van der Waals surface area contributed by atoms with E-state index in [0.29, 0.717) is 0 Å². The fourth-order valence-electron chi connectivity index (χ4n) is 1.30. The first-order valence-corrected chi connectivity index (χ1v) is 5.08. The highest BCUT2D eigenvalue weighted by Crippen LogP contribution is 2.01. The van der Waals surface area contributed by atoms with Crippen LogP contribution in [-0.4, -0.2) is 40.8 Å². The maximum absolute atomic E-state index is 11.4. The molecule has 0 bridgehead atoms. The van der Waals surface area contributed by atoms with Crippen molar-refractivity contribution in [2.24, 2.45) is 5.73 Å². The van der Waals surface area contributed by atoms with Gasteiger partial charge >= 0.3 is 12.1 Å². The zero-order valence-electron chi connectivity index (χ0n) is 9.46. The van der Waals surface area contributed by atoms with Crippen molar-refractivity contribution >= 4 is 18.0 Å². The number of hydrogen-bond donors (Lipinski definition) is 3. The molecule has 2 amide bonds. The minimum atomic E-state index is -1.11. The third-order valence-electron chi connectivity index (χ3n) is 2.03. The predicted octanol–water partition coefficient (Wildman–Crippen LogP) is -0.602. The molecule has 1 heterocycles. The maximum atomic E-state index is 11.4. The number of carbonyl (C=O) groups excluding carboxylic acids is 2. The Morgan fingerprint density at radius 2 is 2.17 bits per heavy atom. The average Bonchev–Trinajstić information content (AvgIpc) is 2.72. The van der Waals surface area contributed by atoms with Crippen molar-refractivity contribution < 1.29 is 24.2 Å². The number of rotatable bonds is 6. The predicted molar refractivity (Wildman–Crippen MR) is 59.9 cm³/mol. The lowest BCUT2D eigenvalue weighted by Gasteiger charge is -2.07. The quantitative estimate of drug-likeness (QED) is 0.585. The molecule has 1 aromatic heterocycles. The first-order valence-electron chi connectivity index (χ1n) is 5.08. The van der Waals surface area contributed by atoms with Crippen molar-refractivity contribution in [3.05, 3.63) is 24.0 Å². The van der Waals surface area contributed by atoms with Crippen LogP contribution in [0.5, 0.6) is 0 Å². The fourth-order valence-corrected chi connectivity index (χ4v) is 1.30. The van der Waals surface area contributed by atoms with Crippen LogP contribution in [-0.2, 0) is 16.1 Å². The third kappa shape index (κ3) is 4.16. The molecule has 8 heteroatoms. The van der Waals surface area contributed by atoms with Crippen LogP contribution in [0.25, 0.3) is 0 Å². The first-order chi connectivity index (χ1) is 8.50. The minimum Gasteiger partial charge on any atom is -0.477 e. The van der Waals surface area contributed by atoms with Crippen LogP contribution in [0.2, 0.25) is 0 Å². The van der Waals surface area contributed by atoms with Gasteiger partial charge in [-0.2, -0.15) is 0 Å². The molecule has 8 nitrogen and oxygen atoms in total. The molecule has 0 radical (unpaired) electrons. The van der Waals surface area contributed by atoms with Crippen molar-refractivity contribution in [3.8, 4) is 0 Å². The van der Waals surface area contributed by atoms with E-state index < -0.39 is 12.1 Å². The van der Waals surface area contributed by atoms with E-state index in [1.807, 2.05) is 0 Å². The van der Waals surface area contributed by atoms with Gasteiger partial charge in [0.15, 0.2) is 0 Å². The Kier molecular flexibility index (Phi) is 4.73. The van der Waals surface area contributed by atoms with Gasteiger partial charge in [-0.3, -0.25) is 4.79 Å². The van der Waals surface area contributed by atoms with Gasteiger partial charge < -0.3 is 25.5 Å². The van der Waals surface area contributed by atoms with Gasteiger partial charge in [-0.25, -0.2) is 9.59 Å². The van der Waals surface area contributed by atoms with E-state index in [4.69, 9.17) is 10.8 Å². The number of aromatic carboxylic acids is 1. The standard InChI is InChI=1S/C10H13N3O5/c11-10(17)18-5-3-12-8(14)6-13-4-1-2-7(13)9(15)16/h1-2,4H,3,5-6H2,(H2,11,17)(H,12,14)(H,15,16). The molecule has 0 aromatic carbocycles. The Balaban J connectivity index is 2.38. The van der Waals surface area contributed by atoms with E-state index in [-0.39, 0.29) is 31.3 Å². The van der Waals surface area contributed by atoms with Gasteiger partial charge in [-0.15, -0.1) is 0 Å². The van der Waals surface area contributed by atoms with Gasteiger partial charge in [0.2, 0.25) is 5.91 Å². The summed E-state index contributed by atoms with van der Waals surface area (Å²) in [6, 6.07) is 2.93. The lowest BCUT2D eigenvalue weighted by molar-refractivity contribution is -0.121. The summed E-state index contributed by atoms with van der Waals surface area (Å²) in [7, 11) is 0. The van der Waals surface area contributed by atoms with Crippen molar-refractivity contribution in [2.45, 2.75) is 6.54 Å². The monoisotopic (exact) mass is 255 g/mol. The number of nitrogens with zero attached hydrogens (tertiary/aromatic N) is 1. The molecule has 0 fully saturated rings. The Labute approximate surface area is 102 Å². The van der Waals surface area contributed by atoms with E-state index in [2.05, 4.69) is 10.1 Å². The van der Waals surface area contributed by atoms with Crippen LogP contribution >= 0.6 is 0 Å². The van der Waals surface area contributed by atoms with Crippen LogP contribution in [0.15, 0.2) is 18.3 Å². The molecular weight excluding hydrogens is 242 g/mol. The number of carbonyl (C=O) groups is 3. The highest BCUT2D eigenvalue weighted by molar-refractivity contribution is 5.86. The van der Waals surface area contributed by atoms with Crippen LogP contribution in [0.3, 0.4) is 0 Å². The SMILES string of the molecule is NC(=O)OCCNC(=O)Cn1cccc1C(=O)O. The molecule has 98 valence electrons. The zero-order chi connectivity index (χ0) is 13.5. The molecule has 0 saturated carbocycles. The summed E-state index contributed by atoms with van der Waals surface area (Å²) in [6.07, 6.45) is 0.575. The third-order valence-corrected chi connectivity index (χ3v) is 2.03. The van der Waals surface area contributed by atoms with Gasteiger partial charge in [-0.1, -0.05) is 0 Å². The number of primary amides is 1. The summed E-state index contributed by atoms with van der Waals surface area (Å²) in [5, 5.41) is 11.3. The molecule has 0 aliphatic carbocycles. The van der Waals surface area contributed by atoms with Crippen LogP contribution in [0.4, 0.5) is 4.79 Å². The lowest BCUT2D eigenvalue weighted by Crippen LogP contribution is -2.32. The molecule has 1 aromatic rings. The number of aromatic nitrogens is 1. The Hall–Kier alpha value is -2.51. The normalized spacial score (nSPS) is 9.78. The number of amides is 2. The number of nitrogens with one attached hydrogen (secondary N) is 1. The second-order valence-corrected chi connectivity index (χ2v) is 3.34. The average molecular weight is 255 g/mol. The van der Waals surface area contributed by atoms with Crippen molar-refractivity contribution in [1.82, 2.24) is 9.88 Å². The van der Waals surface area contributed by atoms with E-state index in [1.165, 1.54) is 22.9 Å². The largest absolute Gasteiger partial charge is 0.477 e. The summed E-state index contributed by atoms with van der Waals surface area (Å²) in [5.74, 6) is -1.49. The summed E-state index contributed by atoms with van der Waals surface area (Å²) in [4.78, 5) is 32.4. The van der Waals surface area contributed by atoms with Gasteiger partial charge in [-0.05, 0) is 12.1 Å². The van der Waals surface area contributed by atoms with Crippen LogP contribution in [0.1, 0.15) is 10.5 Å². The van der Waals surface area contributed by atoms with E-state index >= 15 is 0 Å². The molecular formula is C10H13N3O5. The van der Waals surface area contributed by atoms with E-state index in [9.17, 15) is 14.4 Å². The molecule has 1 rings (SSSR count). The summed E-state index contributed by atoms with van der Waals surface area (Å²) >= 11 is 0. The van der Waals surface area contributed by atoms with Crippen LogP contribution in [0, 0.1) is 0 Å². The summed E-state index contributed by atoms with van der Waals surface area (Å²) in [5.41, 5.74) is 4.76. The lowest BCUT2D eigenvalue weighted by atomic mass is 10.4. The molecule has 0 aliphatic rings. The van der Waals surface area contributed by atoms with Crippen molar-refractivity contribution in [3.63, 3.8) is 0 Å². The molecule has 4 N–H and O–H groups in total. The van der Waals surface area contributed by atoms with Gasteiger partial charge in [0.25, 0.3) is 0 Å². The van der Waals surface area contributed by atoms with Crippen molar-refractivity contribution in [1.29, 1.82) is 0 Å². The molecule has 0 spiro atoms. The first kappa shape index (κ1) is 13.6. The number of hydrogen-bond acceptors (Lipinski definition) is 4. The Bertz CT molecular complexity index is 454. The van der Waals surface area contributed by atoms with Crippen LogP contribution < -0.4 is 11.1 Å². The molecule has 0 saturated heterocycles. The number of carboxylic acid groups (broad SMARTS) is 1. The summed E-state index contributed by atoms with van der Waals surface area (Å²) in [6.45, 7) is -0.0325. The van der Waals surface area contributed by atoms with Gasteiger partial charge in [0.05, 0.1) is 6.54 Å². The Morgan fingerprint density at radius 3 is 2.78 bits per heavy atom. The highest BCUT2D eigenvalue weighted by atomic mass is 16.5. The number of ether oxygens (including phenoxy) is 1. The molecule has 0 aliphatic heterocycles. The fraction of sp³-hybridized carbons (Fsp3) is 0.300. The second kappa shape index (κ2) is 6.28. The number of nitrogens with two attached hydrogens (primary N) is 1. The maximum Gasteiger partial charge on any atom is 0.404 e. The molecule has 0 atom stereocenters. The zero-order valence-corrected chi connectivity index (χ0v) is 9.46. The Morgan fingerprint density at radius 1 is 1.44 bits per heavy atom. The van der Waals surface area contributed by atoms with Gasteiger partial charge in [0, 0.05) is 6.20 Å².